The standard InChI is InChI=1S/C7H19N3/c1-4-7(9-8)5-6-10(2)3/h7,9H,4-6,8H2,1-3H3. The van der Waals surface area contributed by atoms with Crippen LogP contribution in [0.3, 0.4) is 0 Å². The minimum absolute atomic E-state index is 0.474. The monoisotopic (exact) mass is 145 g/mol. The van der Waals surface area contributed by atoms with Gasteiger partial charge in [0.25, 0.3) is 0 Å². The fraction of sp³-hybridized carbons (Fsp3) is 1.00. The van der Waals surface area contributed by atoms with Crippen LogP contribution in [0.5, 0.6) is 0 Å². The normalized spacial score (nSPS) is 14.1. The van der Waals surface area contributed by atoms with Crippen molar-refractivity contribution in [1.29, 1.82) is 0 Å². The van der Waals surface area contributed by atoms with Crippen LogP contribution in [0, 0.1) is 0 Å². The predicted molar refractivity (Wildman–Crippen MR) is 44.6 cm³/mol. The molecule has 0 aliphatic carbocycles. The molecule has 0 saturated carbocycles. The van der Waals surface area contributed by atoms with Crippen molar-refractivity contribution in [2.75, 3.05) is 20.6 Å². The highest BCUT2D eigenvalue weighted by Gasteiger charge is 2.02. The molecular formula is C7H19N3. The van der Waals surface area contributed by atoms with Crippen LogP contribution >= 0.6 is 0 Å². The second-order valence-corrected chi connectivity index (χ2v) is 2.86. The molecule has 3 heteroatoms. The van der Waals surface area contributed by atoms with Gasteiger partial charge in [0.05, 0.1) is 0 Å². The molecule has 1 atom stereocenters. The van der Waals surface area contributed by atoms with E-state index in [0.717, 1.165) is 19.4 Å². The van der Waals surface area contributed by atoms with Crippen LogP contribution in [-0.4, -0.2) is 31.6 Å². The van der Waals surface area contributed by atoms with Gasteiger partial charge < -0.3 is 4.90 Å². The Balaban J connectivity index is 3.26. The molecular weight excluding hydrogens is 126 g/mol. The van der Waals surface area contributed by atoms with Gasteiger partial charge in [0.15, 0.2) is 0 Å². The minimum Gasteiger partial charge on any atom is -0.309 e. The summed E-state index contributed by atoms with van der Waals surface area (Å²) in [6.45, 7) is 3.24. The Kier molecular flexibility index (Phi) is 5.58. The minimum atomic E-state index is 0.474. The highest BCUT2D eigenvalue weighted by Crippen LogP contribution is 1.95. The average Bonchev–Trinajstić information content (AvgIpc) is 1.90. The van der Waals surface area contributed by atoms with Crippen molar-refractivity contribution >= 4 is 0 Å². The summed E-state index contributed by atoms with van der Waals surface area (Å²) in [6, 6.07) is 0.474. The Morgan fingerprint density at radius 1 is 1.50 bits per heavy atom. The van der Waals surface area contributed by atoms with E-state index in [1.54, 1.807) is 0 Å². The number of rotatable bonds is 5. The summed E-state index contributed by atoms with van der Waals surface area (Å²) in [5, 5.41) is 0. The van der Waals surface area contributed by atoms with E-state index in [-0.39, 0.29) is 0 Å². The molecule has 10 heavy (non-hydrogen) atoms. The van der Waals surface area contributed by atoms with Gasteiger partial charge in [0.1, 0.15) is 0 Å². The quantitative estimate of drug-likeness (QED) is 0.428. The van der Waals surface area contributed by atoms with Crippen LogP contribution in [-0.2, 0) is 0 Å². The van der Waals surface area contributed by atoms with Gasteiger partial charge in [-0.15, -0.1) is 0 Å². The van der Waals surface area contributed by atoms with Gasteiger partial charge in [-0.1, -0.05) is 6.92 Å². The molecule has 3 N–H and O–H groups in total. The number of nitrogens with two attached hydrogens (primary N) is 1. The van der Waals surface area contributed by atoms with E-state index in [0.29, 0.717) is 6.04 Å². The van der Waals surface area contributed by atoms with Crippen LogP contribution in [0.1, 0.15) is 19.8 Å². The number of hydrogen-bond acceptors (Lipinski definition) is 3. The van der Waals surface area contributed by atoms with Crippen LogP contribution in [0.25, 0.3) is 0 Å². The van der Waals surface area contributed by atoms with E-state index >= 15 is 0 Å². The van der Waals surface area contributed by atoms with Gasteiger partial charge in [-0.05, 0) is 33.5 Å². The maximum atomic E-state index is 5.30. The lowest BCUT2D eigenvalue weighted by atomic mass is 10.1. The maximum Gasteiger partial charge on any atom is 0.0220 e. The Morgan fingerprint density at radius 3 is 2.40 bits per heavy atom. The second kappa shape index (κ2) is 5.65. The third-order valence-electron chi connectivity index (χ3n) is 1.65. The van der Waals surface area contributed by atoms with E-state index in [1.807, 2.05) is 0 Å². The molecule has 0 aromatic rings. The zero-order chi connectivity index (χ0) is 7.98. The molecule has 0 rings (SSSR count). The van der Waals surface area contributed by atoms with Crippen molar-refractivity contribution in [1.82, 2.24) is 10.3 Å². The molecule has 0 radical (unpaired) electrons. The lowest BCUT2D eigenvalue weighted by Crippen LogP contribution is -2.36. The number of hydrazine groups is 1. The first kappa shape index (κ1) is 9.88. The van der Waals surface area contributed by atoms with Gasteiger partial charge in [0, 0.05) is 6.04 Å². The summed E-state index contributed by atoms with van der Waals surface area (Å²) >= 11 is 0. The Morgan fingerprint density at radius 2 is 2.10 bits per heavy atom. The maximum absolute atomic E-state index is 5.30. The molecule has 0 saturated heterocycles. The third-order valence-corrected chi connectivity index (χ3v) is 1.65. The van der Waals surface area contributed by atoms with Crippen LogP contribution < -0.4 is 11.3 Å². The predicted octanol–water partition coefficient (Wildman–Crippen LogP) is 0.180. The van der Waals surface area contributed by atoms with Gasteiger partial charge in [-0.2, -0.15) is 0 Å². The molecule has 1 unspecified atom stereocenters. The molecule has 0 aliphatic rings. The summed E-state index contributed by atoms with van der Waals surface area (Å²) < 4.78 is 0. The fourth-order valence-electron chi connectivity index (χ4n) is 0.819. The summed E-state index contributed by atoms with van der Waals surface area (Å²) in [4.78, 5) is 2.17. The van der Waals surface area contributed by atoms with Crippen molar-refractivity contribution < 1.29 is 0 Å². The Bertz CT molecular complexity index is 69.3. The van der Waals surface area contributed by atoms with Crippen molar-refractivity contribution in [3.8, 4) is 0 Å². The molecule has 62 valence electrons. The van der Waals surface area contributed by atoms with Gasteiger partial charge in [-0.3, -0.25) is 11.3 Å². The first-order valence-electron chi connectivity index (χ1n) is 3.81. The number of nitrogens with one attached hydrogen (secondary N) is 1. The van der Waals surface area contributed by atoms with Gasteiger partial charge in [-0.25, -0.2) is 0 Å². The van der Waals surface area contributed by atoms with Crippen molar-refractivity contribution in [2.45, 2.75) is 25.8 Å². The lowest BCUT2D eigenvalue weighted by molar-refractivity contribution is 0.355. The van der Waals surface area contributed by atoms with E-state index in [4.69, 9.17) is 5.84 Å². The largest absolute Gasteiger partial charge is 0.309 e. The topological polar surface area (TPSA) is 41.3 Å². The van der Waals surface area contributed by atoms with E-state index in [1.165, 1.54) is 0 Å². The molecule has 3 nitrogen and oxygen atoms in total. The summed E-state index contributed by atoms with van der Waals surface area (Å²) in [7, 11) is 4.15. The molecule has 0 aliphatic heterocycles. The van der Waals surface area contributed by atoms with E-state index in [9.17, 15) is 0 Å². The molecule has 0 aromatic heterocycles. The van der Waals surface area contributed by atoms with Crippen LogP contribution in [0.4, 0.5) is 0 Å². The number of hydrogen-bond donors (Lipinski definition) is 2. The Labute approximate surface area is 63.5 Å². The van der Waals surface area contributed by atoms with Gasteiger partial charge in [0.2, 0.25) is 0 Å². The molecule has 0 spiro atoms. The SMILES string of the molecule is CCC(CCN(C)C)NN. The second-order valence-electron chi connectivity index (χ2n) is 2.86. The molecule has 0 amide bonds. The van der Waals surface area contributed by atoms with E-state index < -0.39 is 0 Å². The molecule has 0 aromatic carbocycles. The molecule has 0 bridgehead atoms. The zero-order valence-corrected chi connectivity index (χ0v) is 7.22. The summed E-state index contributed by atoms with van der Waals surface area (Å²) in [5.74, 6) is 5.30. The fourth-order valence-corrected chi connectivity index (χ4v) is 0.819. The first-order valence-corrected chi connectivity index (χ1v) is 3.81. The van der Waals surface area contributed by atoms with Gasteiger partial charge >= 0.3 is 0 Å². The molecule has 0 heterocycles. The first-order chi connectivity index (χ1) is 4.70. The Hall–Kier alpha value is -0.120. The van der Waals surface area contributed by atoms with Crippen LogP contribution in [0.15, 0.2) is 0 Å². The highest BCUT2D eigenvalue weighted by atomic mass is 15.2. The smallest absolute Gasteiger partial charge is 0.0220 e. The summed E-state index contributed by atoms with van der Waals surface area (Å²) in [5.41, 5.74) is 2.78. The van der Waals surface area contributed by atoms with Crippen LogP contribution in [0.2, 0.25) is 0 Å². The van der Waals surface area contributed by atoms with E-state index in [2.05, 4.69) is 31.3 Å². The highest BCUT2D eigenvalue weighted by molar-refractivity contribution is 4.61. The number of nitrogens with zero attached hydrogens (tertiary/aromatic N) is 1. The van der Waals surface area contributed by atoms with Crippen molar-refractivity contribution in [3.05, 3.63) is 0 Å². The average molecular weight is 145 g/mol. The lowest BCUT2D eigenvalue weighted by Gasteiger charge is -2.16. The molecule has 0 fully saturated rings. The third kappa shape index (κ3) is 4.73. The van der Waals surface area contributed by atoms with Crippen molar-refractivity contribution in [3.63, 3.8) is 0 Å². The summed E-state index contributed by atoms with van der Waals surface area (Å²) in [6.07, 6.45) is 2.23. The zero-order valence-electron chi connectivity index (χ0n) is 7.22. The van der Waals surface area contributed by atoms with Crippen molar-refractivity contribution in [2.24, 2.45) is 5.84 Å².